The van der Waals surface area contributed by atoms with E-state index in [2.05, 4.69) is 48.7 Å². The molecule has 3 heteroatoms. The Labute approximate surface area is 196 Å². The largest absolute Gasteiger partial charge is 0.385 e. The molecule has 2 rings (SSSR count). The summed E-state index contributed by atoms with van der Waals surface area (Å²) < 4.78 is 0. The molecule has 0 aromatic heterocycles. The second-order valence-corrected chi connectivity index (χ2v) is 8.87. The van der Waals surface area contributed by atoms with E-state index in [9.17, 15) is 4.79 Å². The van der Waals surface area contributed by atoms with Gasteiger partial charge in [0, 0.05) is 18.8 Å². The van der Waals surface area contributed by atoms with E-state index in [0.29, 0.717) is 5.69 Å². The molecule has 0 aliphatic rings. The van der Waals surface area contributed by atoms with Crippen molar-refractivity contribution in [3.63, 3.8) is 0 Å². The quantitative estimate of drug-likeness (QED) is 0.245. The average molecular weight is 437 g/mol. The molecular weight excluding hydrogens is 392 g/mol. The summed E-state index contributed by atoms with van der Waals surface area (Å²) in [7, 11) is 0. The summed E-state index contributed by atoms with van der Waals surface area (Å²) in [5.74, 6) is 0. The minimum atomic E-state index is 0.0551. The van der Waals surface area contributed by atoms with Gasteiger partial charge in [-0.2, -0.15) is 0 Å². The first-order valence-electron chi connectivity index (χ1n) is 13.0. The van der Waals surface area contributed by atoms with E-state index in [4.69, 9.17) is 0 Å². The van der Waals surface area contributed by atoms with Crippen molar-refractivity contribution in [3.05, 3.63) is 58.8 Å². The lowest BCUT2D eigenvalue weighted by Gasteiger charge is -2.07. The maximum absolute atomic E-state index is 12.4. The van der Waals surface area contributed by atoms with Crippen LogP contribution in [0.15, 0.2) is 53.3 Å². The van der Waals surface area contributed by atoms with Gasteiger partial charge < -0.3 is 10.6 Å². The van der Waals surface area contributed by atoms with Crippen molar-refractivity contribution in [3.8, 4) is 11.1 Å². The molecule has 0 radical (unpaired) electrons. The maximum Gasteiger partial charge on any atom is 0.201 e. The van der Waals surface area contributed by atoms with E-state index in [-0.39, 0.29) is 5.43 Å². The first-order valence-corrected chi connectivity index (χ1v) is 13.0. The third-order valence-corrected chi connectivity index (χ3v) is 6.03. The van der Waals surface area contributed by atoms with Crippen LogP contribution in [0.2, 0.25) is 0 Å². The van der Waals surface area contributed by atoms with Gasteiger partial charge in [-0.3, -0.25) is 4.79 Å². The van der Waals surface area contributed by atoms with Crippen molar-refractivity contribution < 1.29 is 0 Å². The molecule has 2 aromatic carbocycles. The first-order chi connectivity index (χ1) is 15.7. The number of hydrogen-bond donors (Lipinski definition) is 2. The smallest absolute Gasteiger partial charge is 0.201 e. The fourth-order valence-corrected chi connectivity index (χ4v) is 3.95. The second kappa shape index (κ2) is 16.4. The molecule has 2 aromatic rings. The zero-order valence-corrected chi connectivity index (χ0v) is 20.4. The topological polar surface area (TPSA) is 41.1 Å². The van der Waals surface area contributed by atoms with Crippen molar-refractivity contribution in [1.82, 2.24) is 0 Å². The lowest BCUT2D eigenvalue weighted by Crippen LogP contribution is -2.09. The molecule has 2 N–H and O–H groups in total. The summed E-state index contributed by atoms with van der Waals surface area (Å²) in [6.07, 6.45) is 15.4. The molecule has 0 unspecified atom stereocenters. The Kier molecular flexibility index (Phi) is 13.3. The van der Waals surface area contributed by atoms with Gasteiger partial charge in [-0.05, 0) is 48.2 Å². The highest BCUT2D eigenvalue weighted by atomic mass is 16.1. The lowest BCUT2D eigenvalue weighted by molar-refractivity contribution is 0.617. The summed E-state index contributed by atoms with van der Waals surface area (Å²) in [5, 5.41) is 6.86. The van der Waals surface area contributed by atoms with Crippen LogP contribution in [0.25, 0.3) is 11.1 Å². The minimum absolute atomic E-state index is 0.0551. The Morgan fingerprint density at radius 2 is 1.00 bits per heavy atom. The molecule has 0 heterocycles. The Hall–Kier alpha value is -2.29. The molecule has 0 saturated carbocycles. The zero-order chi connectivity index (χ0) is 22.9. The van der Waals surface area contributed by atoms with Crippen molar-refractivity contribution in [2.75, 3.05) is 23.7 Å². The SMILES string of the molecule is CCCCCCCCNc1ccc(-c2ccc(NCCCCCCCC)c(=O)cc2)cc1. The van der Waals surface area contributed by atoms with Crippen LogP contribution in [0.3, 0.4) is 0 Å². The first kappa shape index (κ1) is 26.0. The Morgan fingerprint density at radius 3 is 1.59 bits per heavy atom. The van der Waals surface area contributed by atoms with E-state index in [1.165, 1.54) is 70.6 Å². The highest BCUT2D eigenvalue weighted by Gasteiger charge is 2.01. The van der Waals surface area contributed by atoms with E-state index < -0.39 is 0 Å². The van der Waals surface area contributed by atoms with Gasteiger partial charge in [-0.1, -0.05) is 102 Å². The third kappa shape index (κ3) is 10.3. The van der Waals surface area contributed by atoms with Crippen LogP contribution in [0.4, 0.5) is 11.4 Å². The predicted octanol–water partition coefficient (Wildman–Crippen LogP) is 8.26. The van der Waals surface area contributed by atoms with Crippen LogP contribution in [-0.4, -0.2) is 13.1 Å². The van der Waals surface area contributed by atoms with Gasteiger partial charge in [-0.15, -0.1) is 0 Å². The van der Waals surface area contributed by atoms with E-state index in [1.54, 1.807) is 6.07 Å². The van der Waals surface area contributed by atoms with Gasteiger partial charge in [0.05, 0.1) is 5.69 Å². The fourth-order valence-electron chi connectivity index (χ4n) is 3.95. The Bertz CT molecular complexity index is 801. The van der Waals surface area contributed by atoms with Crippen LogP contribution >= 0.6 is 0 Å². The highest BCUT2D eigenvalue weighted by molar-refractivity contribution is 5.66. The van der Waals surface area contributed by atoms with Crippen molar-refractivity contribution in [2.24, 2.45) is 0 Å². The summed E-state index contributed by atoms with van der Waals surface area (Å²) in [6, 6.07) is 16.1. The second-order valence-electron chi connectivity index (χ2n) is 8.87. The highest BCUT2D eigenvalue weighted by Crippen LogP contribution is 2.21. The number of hydrogen-bond acceptors (Lipinski definition) is 3. The molecule has 0 bridgehead atoms. The fraction of sp³-hybridized carbons (Fsp3) is 0.552. The van der Waals surface area contributed by atoms with Crippen LogP contribution in [-0.2, 0) is 0 Å². The molecule has 0 atom stereocenters. The summed E-state index contributed by atoms with van der Waals surface area (Å²) in [6.45, 7) is 6.38. The summed E-state index contributed by atoms with van der Waals surface area (Å²) >= 11 is 0. The van der Waals surface area contributed by atoms with E-state index in [0.717, 1.165) is 36.3 Å². The normalized spacial score (nSPS) is 10.8. The predicted molar refractivity (Wildman–Crippen MR) is 142 cm³/mol. The standard InChI is InChI=1S/C29H44N2O/c1-3-5-7-9-11-13-23-30-27-19-15-25(16-20-27)26-17-21-28(29(32)22-18-26)31-24-14-12-10-8-6-4-2/h15-22,30H,3-14,23-24H2,1-2H3,(H,31,32). The lowest BCUT2D eigenvalue weighted by atomic mass is 10.1. The molecule has 0 aliphatic carbocycles. The maximum atomic E-state index is 12.4. The molecule has 0 saturated heterocycles. The van der Waals surface area contributed by atoms with Crippen LogP contribution in [0, 0.1) is 0 Å². The molecule has 32 heavy (non-hydrogen) atoms. The monoisotopic (exact) mass is 436 g/mol. The van der Waals surface area contributed by atoms with Crippen LogP contribution < -0.4 is 16.1 Å². The minimum Gasteiger partial charge on any atom is -0.385 e. The number of benzene rings is 1. The van der Waals surface area contributed by atoms with Gasteiger partial charge in [-0.25, -0.2) is 0 Å². The van der Waals surface area contributed by atoms with Gasteiger partial charge in [0.1, 0.15) is 0 Å². The summed E-state index contributed by atoms with van der Waals surface area (Å²) in [5.41, 5.74) is 4.11. The van der Waals surface area contributed by atoms with Crippen molar-refractivity contribution in [2.45, 2.75) is 90.9 Å². The molecule has 3 nitrogen and oxygen atoms in total. The molecule has 0 aliphatic heterocycles. The number of unbranched alkanes of at least 4 members (excludes halogenated alkanes) is 10. The van der Waals surface area contributed by atoms with Crippen molar-refractivity contribution >= 4 is 11.4 Å². The third-order valence-electron chi connectivity index (χ3n) is 6.03. The Morgan fingerprint density at radius 1 is 0.531 bits per heavy atom. The van der Waals surface area contributed by atoms with E-state index >= 15 is 0 Å². The van der Waals surface area contributed by atoms with Gasteiger partial charge in [0.2, 0.25) is 5.43 Å². The summed E-state index contributed by atoms with van der Waals surface area (Å²) in [4.78, 5) is 12.4. The average Bonchev–Trinajstić information content (AvgIpc) is 3.00. The van der Waals surface area contributed by atoms with Gasteiger partial charge >= 0.3 is 0 Å². The zero-order valence-electron chi connectivity index (χ0n) is 20.4. The van der Waals surface area contributed by atoms with Crippen molar-refractivity contribution in [1.29, 1.82) is 0 Å². The van der Waals surface area contributed by atoms with Crippen LogP contribution in [0.5, 0.6) is 0 Å². The molecule has 176 valence electrons. The molecule has 0 amide bonds. The number of nitrogens with one attached hydrogen (secondary N) is 2. The van der Waals surface area contributed by atoms with Gasteiger partial charge in [0.15, 0.2) is 0 Å². The Balaban J connectivity index is 1.80. The number of rotatable bonds is 17. The van der Waals surface area contributed by atoms with Crippen LogP contribution in [0.1, 0.15) is 90.9 Å². The molecule has 0 spiro atoms. The molecule has 0 fully saturated rings. The number of anilines is 2. The van der Waals surface area contributed by atoms with Gasteiger partial charge in [0.25, 0.3) is 0 Å². The van der Waals surface area contributed by atoms with E-state index in [1.807, 2.05) is 18.2 Å². The molecular formula is C29H44N2O.